The lowest BCUT2D eigenvalue weighted by molar-refractivity contribution is -0.114. The number of fused-ring (bicyclic) bond motifs is 1. The smallest absolute Gasteiger partial charge is 0.248 e. The van der Waals surface area contributed by atoms with Gasteiger partial charge in [0.15, 0.2) is 0 Å². The van der Waals surface area contributed by atoms with Gasteiger partial charge in [-0.3, -0.25) is 4.79 Å². The third-order valence-corrected chi connectivity index (χ3v) is 2.06. The Morgan fingerprint density at radius 2 is 2.21 bits per heavy atom. The lowest BCUT2D eigenvalue weighted by atomic mass is 10.1. The van der Waals surface area contributed by atoms with E-state index in [1.807, 2.05) is 0 Å². The number of rotatable bonds is 1. The van der Waals surface area contributed by atoms with Gasteiger partial charge in [0, 0.05) is 11.3 Å². The molecule has 1 aromatic carbocycles. The van der Waals surface area contributed by atoms with Crippen LogP contribution >= 0.6 is 0 Å². The zero-order chi connectivity index (χ0) is 10.1. The van der Waals surface area contributed by atoms with E-state index in [0.29, 0.717) is 11.3 Å². The number of hydrogen-bond donors (Lipinski definition) is 2. The predicted octanol–water partition coefficient (Wildman–Crippen LogP) is 0.530. The lowest BCUT2D eigenvalue weighted by Gasteiger charge is -2.16. The van der Waals surface area contributed by atoms with Gasteiger partial charge in [0.1, 0.15) is 12.4 Å². The number of amides is 1. The Balaban J connectivity index is 2.47. The highest BCUT2D eigenvalue weighted by atomic mass is 16.5. The molecule has 4 nitrogen and oxygen atoms in total. The van der Waals surface area contributed by atoms with E-state index in [0.717, 1.165) is 11.3 Å². The molecule has 1 aliphatic rings. The molecule has 1 heterocycles. The minimum atomic E-state index is -0.460. The van der Waals surface area contributed by atoms with E-state index in [4.69, 9.17) is 16.2 Å². The molecule has 0 saturated carbocycles. The second-order valence-corrected chi connectivity index (χ2v) is 3.12. The summed E-state index contributed by atoms with van der Waals surface area (Å²) in [7, 11) is 0. The van der Waals surface area contributed by atoms with Gasteiger partial charge in [-0.2, -0.15) is 0 Å². The van der Waals surface area contributed by atoms with Crippen molar-refractivity contribution in [3.8, 4) is 5.75 Å². The highest BCUT2D eigenvalue weighted by Crippen LogP contribution is 2.27. The summed E-state index contributed by atoms with van der Waals surface area (Å²) in [5.74, 6) is 0.266. The quantitative estimate of drug-likeness (QED) is 0.634. The average molecular weight is 190 g/mol. The Morgan fingerprint density at radius 3 is 2.93 bits per heavy atom. The van der Waals surface area contributed by atoms with Crippen molar-refractivity contribution >= 4 is 17.7 Å². The van der Waals surface area contributed by atoms with Gasteiger partial charge < -0.3 is 16.2 Å². The van der Waals surface area contributed by atoms with Crippen LogP contribution < -0.4 is 16.2 Å². The molecule has 14 heavy (non-hydrogen) atoms. The van der Waals surface area contributed by atoms with Gasteiger partial charge in [-0.1, -0.05) is 0 Å². The van der Waals surface area contributed by atoms with E-state index in [1.54, 1.807) is 24.3 Å². The Labute approximate surface area is 81.2 Å². The van der Waals surface area contributed by atoms with Crippen LogP contribution in [0.5, 0.6) is 5.75 Å². The van der Waals surface area contributed by atoms with Crippen molar-refractivity contribution in [3.63, 3.8) is 0 Å². The maximum Gasteiger partial charge on any atom is 0.248 e. The number of nitrogen functional groups attached to an aromatic ring is 1. The van der Waals surface area contributed by atoms with Crippen molar-refractivity contribution in [1.29, 1.82) is 0 Å². The minimum Gasteiger partial charge on any atom is -0.488 e. The fourth-order valence-corrected chi connectivity index (χ4v) is 1.34. The highest BCUT2D eigenvalue weighted by Gasteiger charge is 2.14. The number of carbonyl (C=O) groups excluding carboxylic acids is 1. The van der Waals surface area contributed by atoms with Crippen LogP contribution in [0.25, 0.3) is 6.08 Å². The number of anilines is 1. The van der Waals surface area contributed by atoms with E-state index in [2.05, 4.69) is 0 Å². The molecular formula is C10H10N2O2. The largest absolute Gasteiger partial charge is 0.488 e. The minimum absolute atomic E-state index is 0.228. The van der Waals surface area contributed by atoms with E-state index < -0.39 is 5.91 Å². The average Bonchev–Trinajstić information content (AvgIpc) is 2.16. The summed E-state index contributed by atoms with van der Waals surface area (Å²) >= 11 is 0. The van der Waals surface area contributed by atoms with E-state index in [9.17, 15) is 4.79 Å². The third-order valence-electron chi connectivity index (χ3n) is 2.06. The molecule has 0 radical (unpaired) electrons. The molecule has 0 atom stereocenters. The summed E-state index contributed by atoms with van der Waals surface area (Å²) in [5.41, 5.74) is 12.6. The molecule has 0 spiro atoms. The highest BCUT2D eigenvalue weighted by molar-refractivity contribution is 5.98. The molecular weight excluding hydrogens is 180 g/mol. The van der Waals surface area contributed by atoms with Crippen molar-refractivity contribution in [2.75, 3.05) is 12.3 Å². The Morgan fingerprint density at radius 1 is 1.43 bits per heavy atom. The molecule has 0 bridgehead atoms. The third kappa shape index (κ3) is 1.42. The molecule has 0 aromatic heterocycles. The molecule has 72 valence electrons. The normalized spacial score (nSPS) is 13.9. The molecule has 1 aromatic rings. The van der Waals surface area contributed by atoms with Gasteiger partial charge in [-0.25, -0.2) is 0 Å². The maximum absolute atomic E-state index is 10.9. The van der Waals surface area contributed by atoms with Crippen LogP contribution in [0.2, 0.25) is 0 Å². The van der Waals surface area contributed by atoms with Gasteiger partial charge in [0.25, 0.3) is 0 Å². The molecule has 2 rings (SSSR count). The predicted molar refractivity (Wildman–Crippen MR) is 53.5 cm³/mol. The number of carbonyl (C=O) groups is 1. The molecule has 0 saturated heterocycles. The van der Waals surface area contributed by atoms with Crippen molar-refractivity contribution in [3.05, 3.63) is 29.3 Å². The first kappa shape index (κ1) is 8.62. The van der Waals surface area contributed by atoms with E-state index >= 15 is 0 Å². The van der Waals surface area contributed by atoms with Crippen molar-refractivity contribution in [2.45, 2.75) is 0 Å². The van der Waals surface area contributed by atoms with Gasteiger partial charge in [-0.15, -0.1) is 0 Å². The summed E-state index contributed by atoms with van der Waals surface area (Å²) in [6.07, 6.45) is 1.71. The Hall–Kier alpha value is -1.97. The van der Waals surface area contributed by atoms with Gasteiger partial charge in [-0.05, 0) is 24.3 Å². The van der Waals surface area contributed by atoms with Gasteiger partial charge in [0.2, 0.25) is 5.91 Å². The lowest BCUT2D eigenvalue weighted by Crippen LogP contribution is -2.21. The number of benzene rings is 1. The Bertz CT molecular complexity index is 424. The molecule has 4 N–H and O–H groups in total. The summed E-state index contributed by atoms with van der Waals surface area (Å²) in [6, 6.07) is 5.28. The van der Waals surface area contributed by atoms with Crippen molar-refractivity contribution < 1.29 is 9.53 Å². The first-order chi connectivity index (χ1) is 6.66. The van der Waals surface area contributed by atoms with Crippen LogP contribution in [-0.4, -0.2) is 12.5 Å². The number of primary amides is 1. The summed E-state index contributed by atoms with van der Waals surface area (Å²) < 4.78 is 5.33. The summed E-state index contributed by atoms with van der Waals surface area (Å²) in [4.78, 5) is 10.9. The summed E-state index contributed by atoms with van der Waals surface area (Å²) in [6.45, 7) is 0.228. The fourth-order valence-electron chi connectivity index (χ4n) is 1.34. The van der Waals surface area contributed by atoms with Crippen LogP contribution in [0.3, 0.4) is 0 Å². The summed E-state index contributed by atoms with van der Waals surface area (Å²) in [5, 5.41) is 0. The molecule has 0 aliphatic carbocycles. The molecule has 1 amide bonds. The second-order valence-electron chi connectivity index (χ2n) is 3.12. The number of ether oxygens (including phenoxy) is 1. The van der Waals surface area contributed by atoms with Gasteiger partial charge >= 0.3 is 0 Å². The van der Waals surface area contributed by atoms with Crippen LogP contribution in [0, 0.1) is 0 Å². The fraction of sp³-hybridized carbons (Fsp3) is 0.100. The number of nitrogens with two attached hydrogens (primary N) is 2. The van der Waals surface area contributed by atoms with E-state index in [-0.39, 0.29) is 6.61 Å². The van der Waals surface area contributed by atoms with Crippen LogP contribution in [-0.2, 0) is 4.79 Å². The second kappa shape index (κ2) is 3.06. The topological polar surface area (TPSA) is 78.3 Å². The molecule has 0 unspecified atom stereocenters. The molecule has 1 aliphatic heterocycles. The molecule has 4 heteroatoms. The first-order valence-corrected chi connectivity index (χ1v) is 4.19. The van der Waals surface area contributed by atoms with Gasteiger partial charge in [0.05, 0.1) is 5.57 Å². The number of hydrogen-bond acceptors (Lipinski definition) is 3. The van der Waals surface area contributed by atoms with Crippen LogP contribution in [0.4, 0.5) is 5.69 Å². The maximum atomic E-state index is 10.9. The standard InChI is InChI=1S/C10H10N2O2/c11-8-1-2-9-6(4-8)3-7(5-14-9)10(12)13/h1-4H,5,11H2,(H2,12,13). The van der Waals surface area contributed by atoms with Crippen LogP contribution in [0.1, 0.15) is 5.56 Å². The monoisotopic (exact) mass is 190 g/mol. The Kier molecular flexibility index (Phi) is 1.89. The van der Waals surface area contributed by atoms with Crippen LogP contribution in [0.15, 0.2) is 23.8 Å². The zero-order valence-electron chi connectivity index (χ0n) is 7.49. The van der Waals surface area contributed by atoms with Crippen molar-refractivity contribution in [1.82, 2.24) is 0 Å². The van der Waals surface area contributed by atoms with Crippen molar-refractivity contribution in [2.24, 2.45) is 5.73 Å². The SMILES string of the molecule is NC(=O)C1=Cc2cc(N)ccc2OC1. The molecule has 0 fully saturated rings. The van der Waals surface area contributed by atoms with E-state index in [1.165, 1.54) is 0 Å². The first-order valence-electron chi connectivity index (χ1n) is 4.19. The zero-order valence-corrected chi connectivity index (χ0v) is 7.49.